The molecule has 3 aromatic rings. The van der Waals surface area contributed by atoms with Crippen LogP contribution in [0.4, 0.5) is 5.69 Å². The van der Waals surface area contributed by atoms with Gasteiger partial charge in [-0.1, -0.05) is 101 Å². The average molecular weight is 694 g/mol. The van der Waals surface area contributed by atoms with Gasteiger partial charge in [-0.3, -0.25) is 13.9 Å². The van der Waals surface area contributed by atoms with Gasteiger partial charge < -0.3 is 10.2 Å². The molecule has 226 valence electrons. The summed E-state index contributed by atoms with van der Waals surface area (Å²) in [6.45, 7) is 3.01. The third-order valence-electron chi connectivity index (χ3n) is 6.57. The molecule has 3 aromatic carbocycles. The largest absolute Gasteiger partial charge is 0.352 e. The van der Waals surface area contributed by atoms with E-state index < -0.39 is 34.4 Å². The SMILES string of the molecule is CC[C@@H](C)NC(=O)[C@H](Cc1ccccc1)N(Cc1ccc(Cl)cc1Cl)C(=O)CN(c1cc(Cl)c(Cl)cc1Cl)S(C)(=O)=O. The van der Waals surface area contributed by atoms with Gasteiger partial charge in [0.05, 0.1) is 27.0 Å². The summed E-state index contributed by atoms with van der Waals surface area (Å²) in [6.07, 6.45) is 1.77. The quantitative estimate of drug-likeness (QED) is 0.202. The first-order chi connectivity index (χ1) is 19.7. The van der Waals surface area contributed by atoms with E-state index in [4.69, 9.17) is 58.0 Å². The van der Waals surface area contributed by atoms with Crippen LogP contribution in [0.2, 0.25) is 25.1 Å². The Labute approximate surface area is 271 Å². The van der Waals surface area contributed by atoms with Crippen molar-refractivity contribution in [3.05, 3.63) is 96.9 Å². The van der Waals surface area contributed by atoms with Crippen molar-refractivity contribution in [2.24, 2.45) is 0 Å². The number of nitrogens with zero attached hydrogens (tertiary/aromatic N) is 2. The summed E-state index contributed by atoms with van der Waals surface area (Å²) in [7, 11) is -4.06. The molecule has 0 saturated carbocycles. The first-order valence-corrected chi connectivity index (χ1v) is 16.6. The van der Waals surface area contributed by atoms with Gasteiger partial charge in [0.25, 0.3) is 0 Å². The standard InChI is InChI=1S/C29H30Cl5N3O4S/c1-4-18(2)35-29(39)27(12-19-8-6-5-7-9-19)36(16-20-10-11-21(30)13-22(20)31)28(38)17-37(42(3,40)41)26-15-24(33)23(32)14-25(26)34/h5-11,13-15,18,27H,4,12,16-17H2,1-3H3,(H,35,39)/t18-,27+/m1/s1. The zero-order chi connectivity index (χ0) is 31.2. The number of anilines is 1. The van der Waals surface area contributed by atoms with Crippen LogP contribution in [0.1, 0.15) is 31.4 Å². The topological polar surface area (TPSA) is 86.8 Å². The van der Waals surface area contributed by atoms with Crippen molar-refractivity contribution in [1.82, 2.24) is 10.2 Å². The summed E-state index contributed by atoms with van der Waals surface area (Å²) >= 11 is 31.2. The summed E-state index contributed by atoms with van der Waals surface area (Å²) in [5.74, 6) is -1.07. The smallest absolute Gasteiger partial charge is 0.244 e. The van der Waals surface area contributed by atoms with Crippen molar-refractivity contribution in [2.45, 2.75) is 45.3 Å². The zero-order valence-corrected chi connectivity index (χ0v) is 27.7. The number of nitrogens with one attached hydrogen (secondary N) is 1. The Hall–Kier alpha value is -2.20. The molecule has 0 aromatic heterocycles. The maximum Gasteiger partial charge on any atom is 0.244 e. The Morgan fingerprint density at radius 2 is 1.52 bits per heavy atom. The number of sulfonamides is 1. The van der Waals surface area contributed by atoms with Gasteiger partial charge in [0, 0.05) is 29.1 Å². The van der Waals surface area contributed by atoms with Crippen molar-refractivity contribution in [2.75, 3.05) is 17.1 Å². The fourth-order valence-corrected chi connectivity index (χ4v) is 6.14. The van der Waals surface area contributed by atoms with Crippen LogP contribution >= 0.6 is 58.0 Å². The van der Waals surface area contributed by atoms with Crippen LogP contribution < -0.4 is 9.62 Å². The van der Waals surface area contributed by atoms with Gasteiger partial charge in [-0.05, 0) is 48.7 Å². The molecule has 0 fully saturated rings. The molecule has 7 nitrogen and oxygen atoms in total. The van der Waals surface area contributed by atoms with Crippen molar-refractivity contribution in [3.63, 3.8) is 0 Å². The molecular weight excluding hydrogens is 664 g/mol. The average Bonchev–Trinajstić information content (AvgIpc) is 2.92. The van der Waals surface area contributed by atoms with Crippen LogP contribution in [-0.4, -0.2) is 50.0 Å². The normalized spacial score (nSPS) is 12.9. The lowest BCUT2D eigenvalue weighted by molar-refractivity contribution is -0.140. The molecule has 2 amide bonds. The molecule has 0 saturated heterocycles. The number of hydrogen-bond acceptors (Lipinski definition) is 4. The van der Waals surface area contributed by atoms with Crippen LogP contribution in [-0.2, 0) is 32.6 Å². The zero-order valence-electron chi connectivity index (χ0n) is 23.1. The Morgan fingerprint density at radius 1 is 0.881 bits per heavy atom. The van der Waals surface area contributed by atoms with E-state index in [0.717, 1.165) is 16.1 Å². The molecule has 0 heterocycles. The van der Waals surface area contributed by atoms with Gasteiger partial charge >= 0.3 is 0 Å². The molecule has 0 aliphatic rings. The highest BCUT2D eigenvalue weighted by Gasteiger charge is 2.34. The van der Waals surface area contributed by atoms with Crippen LogP contribution in [0.25, 0.3) is 0 Å². The van der Waals surface area contributed by atoms with Crippen molar-refractivity contribution >= 4 is 85.5 Å². The van der Waals surface area contributed by atoms with E-state index in [9.17, 15) is 18.0 Å². The van der Waals surface area contributed by atoms with Crippen LogP contribution in [0.3, 0.4) is 0 Å². The summed E-state index contributed by atoms with van der Waals surface area (Å²) in [4.78, 5) is 29.2. The number of carbonyl (C=O) groups is 2. The number of benzene rings is 3. The number of rotatable bonds is 12. The van der Waals surface area contributed by atoms with Gasteiger partial charge in [-0.2, -0.15) is 0 Å². The highest BCUT2D eigenvalue weighted by atomic mass is 35.5. The minimum atomic E-state index is -4.06. The molecule has 0 radical (unpaired) electrons. The monoisotopic (exact) mass is 691 g/mol. The summed E-state index contributed by atoms with van der Waals surface area (Å²) in [5.41, 5.74) is 1.28. The minimum Gasteiger partial charge on any atom is -0.352 e. The fraction of sp³-hybridized carbons (Fsp3) is 0.310. The van der Waals surface area contributed by atoms with Crippen molar-refractivity contribution in [1.29, 1.82) is 0 Å². The van der Waals surface area contributed by atoms with Gasteiger partial charge in [0.2, 0.25) is 21.8 Å². The molecule has 0 aliphatic heterocycles. The second-order valence-corrected chi connectivity index (χ2v) is 13.7. The van der Waals surface area contributed by atoms with Gasteiger partial charge in [-0.15, -0.1) is 0 Å². The van der Waals surface area contributed by atoms with E-state index in [-0.39, 0.29) is 44.8 Å². The third kappa shape index (κ3) is 9.15. The summed E-state index contributed by atoms with van der Waals surface area (Å²) in [6, 6.07) is 15.4. The van der Waals surface area contributed by atoms with Crippen LogP contribution in [0, 0.1) is 0 Å². The number of carbonyl (C=O) groups excluding carboxylic acids is 2. The fourth-order valence-electron chi connectivity index (χ4n) is 4.13. The van der Waals surface area contributed by atoms with Crippen LogP contribution in [0.5, 0.6) is 0 Å². The molecule has 0 aliphatic carbocycles. The molecule has 13 heteroatoms. The molecule has 1 N–H and O–H groups in total. The summed E-state index contributed by atoms with van der Waals surface area (Å²) < 4.78 is 26.8. The van der Waals surface area contributed by atoms with Crippen molar-refractivity contribution in [3.8, 4) is 0 Å². The number of amides is 2. The van der Waals surface area contributed by atoms with E-state index in [2.05, 4.69) is 5.32 Å². The lowest BCUT2D eigenvalue weighted by Gasteiger charge is -2.34. The highest BCUT2D eigenvalue weighted by molar-refractivity contribution is 7.92. The first-order valence-electron chi connectivity index (χ1n) is 12.9. The Morgan fingerprint density at radius 3 is 2.12 bits per heavy atom. The lowest BCUT2D eigenvalue weighted by Crippen LogP contribution is -2.54. The minimum absolute atomic E-state index is 0.0229. The molecule has 2 atom stereocenters. The first kappa shape index (κ1) is 34.3. The number of halogens is 5. The maximum absolute atomic E-state index is 14.2. The molecule has 42 heavy (non-hydrogen) atoms. The predicted molar refractivity (Wildman–Crippen MR) is 173 cm³/mol. The molecule has 0 spiro atoms. The second-order valence-electron chi connectivity index (χ2n) is 9.77. The molecule has 0 unspecified atom stereocenters. The van der Waals surface area contributed by atoms with Crippen molar-refractivity contribution < 1.29 is 18.0 Å². The maximum atomic E-state index is 14.2. The van der Waals surface area contributed by atoms with E-state index in [1.165, 1.54) is 23.1 Å². The molecule has 3 rings (SSSR count). The van der Waals surface area contributed by atoms with Gasteiger partial charge in [0.15, 0.2) is 0 Å². The van der Waals surface area contributed by atoms with E-state index >= 15 is 0 Å². The Kier molecular flexibility index (Phi) is 12.2. The predicted octanol–water partition coefficient (Wildman–Crippen LogP) is 7.27. The lowest BCUT2D eigenvalue weighted by atomic mass is 10.0. The van der Waals surface area contributed by atoms with E-state index in [1.807, 2.05) is 44.2 Å². The van der Waals surface area contributed by atoms with Gasteiger partial charge in [-0.25, -0.2) is 8.42 Å². The van der Waals surface area contributed by atoms with Crippen LogP contribution in [0.15, 0.2) is 60.7 Å². The third-order valence-corrected chi connectivity index (χ3v) is 9.30. The Bertz CT molecular complexity index is 1540. The Balaban J connectivity index is 2.13. The highest BCUT2D eigenvalue weighted by Crippen LogP contribution is 2.36. The molecular formula is C29H30Cl5N3O4S. The molecule has 0 bridgehead atoms. The number of hydrogen-bond donors (Lipinski definition) is 1. The van der Waals surface area contributed by atoms with Gasteiger partial charge in [0.1, 0.15) is 12.6 Å². The second kappa shape index (κ2) is 15.0. The summed E-state index contributed by atoms with van der Waals surface area (Å²) in [5, 5.41) is 3.79. The van der Waals surface area contributed by atoms with E-state index in [0.29, 0.717) is 17.0 Å². The van der Waals surface area contributed by atoms with E-state index in [1.54, 1.807) is 12.1 Å².